The van der Waals surface area contributed by atoms with Crippen LogP contribution in [0.5, 0.6) is 0 Å². The van der Waals surface area contributed by atoms with Gasteiger partial charge in [-0.15, -0.1) is 5.92 Å². The maximum Gasteiger partial charge on any atom is 0.421 e. The van der Waals surface area contributed by atoms with Crippen LogP contribution >= 0.6 is 0 Å². The minimum atomic E-state index is -4.89. The number of hydrogen-bond donors (Lipinski definition) is 1. The molecule has 0 amide bonds. The molecule has 31 heavy (non-hydrogen) atoms. The van der Waals surface area contributed by atoms with E-state index in [1.807, 2.05) is 0 Å². The summed E-state index contributed by atoms with van der Waals surface area (Å²) in [5.74, 6) is 5.32. The third-order valence-electron chi connectivity index (χ3n) is 4.75. The fourth-order valence-corrected chi connectivity index (χ4v) is 4.16. The molecule has 3 rings (SSSR count). The van der Waals surface area contributed by atoms with E-state index in [9.17, 15) is 26.7 Å². The predicted molar refractivity (Wildman–Crippen MR) is 110 cm³/mol. The first-order valence-electron chi connectivity index (χ1n) is 9.11. The van der Waals surface area contributed by atoms with E-state index in [0.29, 0.717) is 12.5 Å². The van der Waals surface area contributed by atoms with Crippen molar-refractivity contribution in [1.29, 1.82) is 0 Å². The van der Waals surface area contributed by atoms with E-state index in [-0.39, 0.29) is 21.0 Å². The third-order valence-corrected chi connectivity index (χ3v) is 6.54. The second-order valence-corrected chi connectivity index (χ2v) is 8.86. The molecule has 0 aliphatic carbocycles. The molecule has 0 spiro atoms. The summed E-state index contributed by atoms with van der Waals surface area (Å²) < 4.78 is 65.0. The SMILES string of the molecule is CC#Cc1cc([C@@](C)(O)C(F)(F)F)cnc1-c1ccc(S(=O)(=O)c2ccccc2)cc1. The van der Waals surface area contributed by atoms with Crippen LogP contribution in [0.1, 0.15) is 25.0 Å². The molecule has 1 aromatic heterocycles. The molecule has 8 heteroatoms. The van der Waals surface area contributed by atoms with Crippen molar-refractivity contribution in [3.8, 4) is 23.1 Å². The minimum absolute atomic E-state index is 0.0715. The summed E-state index contributed by atoms with van der Waals surface area (Å²) in [5.41, 5.74) is -2.59. The van der Waals surface area contributed by atoms with Crippen LogP contribution in [0, 0.1) is 11.8 Å². The van der Waals surface area contributed by atoms with Crippen LogP contribution in [0.4, 0.5) is 13.2 Å². The molecule has 0 unspecified atom stereocenters. The zero-order chi connectivity index (χ0) is 22.9. The molecular weight excluding hydrogens is 427 g/mol. The Hall–Kier alpha value is -3.15. The van der Waals surface area contributed by atoms with Crippen molar-refractivity contribution in [1.82, 2.24) is 4.98 Å². The smallest absolute Gasteiger partial charge is 0.376 e. The predicted octanol–water partition coefficient (Wildman–Crippen LogP) is 4.72. The zero-order valence-corrected chi connectivity index (χ0v) is 17.4. The van der Waals surface area contributed by atoms with Crippen molar-refractivity contribution in [2.45, 2.75) is 35.4 Å². The number of halogens is 3. The lowest BCUT2D eigenvalue weighted by Crippen LogP contribution is -2.39. The molecule has 3 aromatic rings. The summed E-state index contributed by atoms with van der Waals surface area (Å²) in [4.78, 5) is 4.31. The van der Waals surface area contributed by atoms with Crippen molar-refractivity contribution in [2.24, 2.45) is 0 Å². The van der Waals surface area contributed by atoms with Gasteiger partial charge in [-0.1, -0.05) is 36.3 Å². The van der Waals surface area contributed by atoms with Gasteiger partial charge in [0.1, 0.15) is 0 Å². The average Bonchev–Trinajstić information content (AvgIpc) is 2.74. The molecule has 1 heterocycles. The van der Waals surface area contributed by atoms with Gasteiger partial charge < -0.3 is 5.11 Å². The van der Waals surface area contributed by atoms with Gasteiger partial charge >= 0.3 is 6.18 Å². The Morgan fingerprint density at radius 2 is 1.55 bits per heavy atom. The van der Waals surface area contributed by atoms with Gasteiger partial charge in [-0.05, 0) is 44.2 Å². The minimum Gasteiger partial charge on any atom is -0.376 e. The van der Waals surface area contributed by atoms with Crippen molar-refractivity contribution in [3.05, 3.63) is 78.0 Å². The number of pyridine rings is 1. The molecule has 1 N–H and O–H groups in total. The monoisotopic (exact) mass is 445 g/mol. The van der Waals surface area contributed by atoms with E-state index < -0.39 is 27.2 Å². The van der Waals surface area contributed by atoms with Crippen LogP contribution in [0.2, 0.25) is 0 Å². The Bertz CT molecular complexity index is 1260. The maximum absolute atomic E-state index is 13.2. The largest absolute Gasteiger partial charge is 0.421 e. The Morgan fingerprint density at radius 3 is 2.10 bits per heavy atom. The van der Waals surface area contributed by atoms with Crippen molar-refractivity contribution < 1.29 is 26.7 Å². The molecular formula is C23H18F3NO3S. The lowest BCUT2D eigenvalue weighted by molar-refractivity contribution is -0.259. The Balaban J connectivity index is 2.04. The molecule has 160 valence electrons. The highest BCUT2D eigenvalue weighted by Gasteiger charge is 2.51. The highest BCUT2D eigenvalue weighted by Crippen LogP contribution is 2.39. The van der Waals surface area contributed by atoms with Crippen LogP contribution in [-0.2, 0) is 15.4 Å². The molecule has 0 aliphatic rings. The molecule has 0 radical (unpaired) electrons. The lowest BCUT2D eigenvalue weighted by atomic mass is 9.94. The van der Waals surface area contributed by atoms with E-state index in [1.54, 1.807) is 18.2 Å². The highest BCUT2D eigenvalue weighted by molar-refractivity contribution is 7.91. The summed E-state index contributed by atoms with van der Waals surface area (Å²) in [7, 11) is -3.71. The number of sulfone groups is 1. The first kappa shape index (κ1) is 22.5. The van der Waals surface area contributed by atoms with Gasteiger partial charge in [0.15, 0.2) is 5.60 Å². The Labute approximate surface area is 178 Å². The number of aliphatic hydroxyl groups is 1. The molecule has 0 saturated heterocycles. The van der Waals surface area contributed by atoms with Gasteiger partial charge in [0.25, 0.3) is 0 Å². The fraction of sp³-hybridized carbons (Fsp3) is 0.174. The summed E-state index contributed by atoms with van der Waals surface area (Å²) in [6.07, 6.45) is -3.95. The quantitative estimate of drug-likeness (QED) is 0.590. The summed E-state index contributed by atoms with van der Waals surface area (Å²) >= 11 is 0. The topological polar surface area (TPSA) is 67.3 Å². The van der Waals surface area contributed by atoms with Gasteiger partial charge in [0.2, 0.25) is 9.84 Å². The molecule has 0 bridgehead atoms. The van der Waals surface area contributed by atoms with E-state index in [0.717, 1.165) is 12.3 Å². The molecule has 0 saturated carbocycles. The fourth-order valence-electron chi connectivity index (χ4n) is 2.88. The molecule has 1 atom stereocenters. The number of aromatic nitrogens is 1. The number of alkyl halides is 3. The molecule has 2 aromatic carbocycles. The molecule has 0 fully saturated rings. The zero-order valence-electron chi connectivity index (χ0n) is 16.6. The van der Waals surface area contributed by atoms with Crippen LogP contribution < -0.4 is 0 Å². The van der Waals surface area contributed by atoms with E-state index in [2.05, 4.69) is 16.8 Å². The average molecular weight is 445 g/mol. The standard InChI is InChI=1S/C23H18F3NO3S/c1-3-7-17-14-18(22(2,28)23(24,25)26)15-27-21(17)16-10-12-20(13-11-16)31(29,30)19-8-5-4-6-9-19/h4-6,8-15,28H,1-2H3/t22-/m1/s1. The summed E-state index contributed by atoms with van der Waals surface area (Å²) in [6.45, 7) is 2.17. The van der Waals surface area contributed by atoms with Gasteiger partial charge in [0.05, 0.1) is 21.0 Å². The normalized spacial score (nSPS) is 13.7. The highest BCUT2D eigenvalue weighted by atomic mass is 32.2. The van der Waals surface area contributed by atoms with Crippen molar-refractivity contribution in [2.75, 3.05) is 0 Å². The Kier molecular flexibility index (Phi) is 5.94. The van der Waals surface area contributed by atoms with Crippen LogP contribution in [-0.4, -0.2) is 24.7 Å². The van der Waals surface area contributed by atoms with E-state index in [1.165, 1.54) is 43.3 Å². The van der Waals surface area contributed by atoms with Gasteiger partial charge in [-0.2, -0.15) is 13.2 Å². The second kappa shape index (κ2) is 8.17. The van der Waals surface area contributed by atoms with Gasteiger partial charge in [-0.3, -0.25) is 4.98 Å². The Morgan fingerprint density at radius 1 is 0.968 bits per heavy atom. The summed E-state index contributed by atoms with van der Waals surface area (Å²) in [6, 6.07) is 14.9. The number of benzene rings is 2. The van der Waals surface area contributed by atoms with Crippen molar-refractivity contribution >= 4 is 9.84 Å². The first-order chi connectivity index (χ1) is 14.5. The van der Waals surface area contributed by atoms with Crippen LogP contribution in [0.3, 0.4) is 0 Å². The van der Waals surface area contributed by atoms with Crippen LogP contribution in [0.15, 0.2) is 76.7 Å². The maximum atomic E-state index is 13.2. The second-order valence-electron chi connectivity index (χ2n) is 6.91. The third kappa shape index (κ3) is 4.33. The van der Waals surface area contributed by atoms with Gasteiger partial charge in [-0.25, -0.2) is 8.42 Å². The first-order valence-corrected chi connectivity index (χ1v) is 10.6. The molecule has 0 aliphatic heterocycles. The number of rotatable bonds is 4. The van der Waals surface area contributed by atoms with Crippen molar-refractivity contribution in [3.63, 3.8) is 0 Å². The van der Waals surface area contributed by atoms with E-state index in [4.69, 9.17) is 0 Å². The number of nitrogens with zero attached hydrogens (tertiary/aromatic N) is 1. The molecule has 4 nitrogen and oxygen atoms in total. The number of hydrogen-bond acceptors (Lipinski definition) is 4. The van der Waals surface area contributed by atoms with E-state index >= 15 is 0 Å². The van der Waals surface area contributed by atoms with Crippen LogP contribution in [0.25, 0.3) is 11.3 Å². The van der Waals surface area contributed by atoms with Gasteiger partial charge in [0, 0.05) is 17.3 Å². The summed E-state index contributed by atoms with van der Waals surface area (Å²) in [5, 5.41) is 9.93. The lowest BCUT2D eigenvalue weighted by Gasteiger charge is -2.26.